The van der Waals surface area contributed by atoms with Crippen molar-refractivity contribution in [2.24, 2.45) is 5.92 Å². The number of carbonyl (C=O) groups is 2. The molecule has 1 aliphatic carbocycles. The molecule has 0 atom stereocenters. The van der Waals surface area contributed by atoms with Gasteiger partial charge in [-0.3, -0.25) is 9.59 Å². The predicted octanol–water partition coefficient (Wildman–Crippen LogP) is 4.01. The van der Waals surface area contributed by atoms with Gasteiger partial charge in [-0.25, -0.2) is 0 Å². The van der Waals surface area contributed by atoms with Crippen molar-refractivity contribution in [3.8, 4) is 0 Å². The molecule has 0 bridgehead atoms. The summed E-state index contributed by atoms with van der Waals surface area (Å²) >= 11 is 0. The number of hydrogen-bond acceptors (Lipinski definition) is 3. The SMILES string of the molecule is CCN(CC)CCn1ccc2cc(NC(=O)CCNC(=O)C3CCCCC3)ccc21. The molecule has 0 radical (unpaired) electrons. The second-order valence-corrected chi connectivity index (χ2v) is 8.23. The predicted molar refractivity (Wildman–Crippen MR) is 123 cm³/mol. The molecule has 1 fully saturated rings. The lowest BCUT2D eigenvalue weighted by molar-refractivity contribution is -0.126. The van der Waals surface area contributed by atoms with Crippen LogP contribution in [-0.4, -0.2) is 47.5 Å². The van der Waals surface area contributed by atoms with Gasteiger partial charge in [-0.15, -0.1) is 0 Å². The summed E-state index contributed by atoms with van der Waals surface area (Å²) in [5.41, 5.74) is 1.98. The van der Waals surface area contributed by atoms with Gasteiger partial charge in [0.15, 0.2) is 0 Å². The molecular weight excluding hydrogens is 376 g/mol. The van der Waals surface area contributed by atoms with Crippen LogP contribution in [0.1, 0.15) is 52.4 Å². The molecule has 30 heavy (non-hydrogen) atoms. The van der Waals surface area contributed by atoms with Gasteiger partial charge >= 0.3 is 0 Å². The van der Waals surface area contributed by atoms with Crippen LogP contribution >= 0.6 is 0 Å². The first-order valence-corrected chi connectivity index (χ1v) is 11.5. The summed E-state index contributed by atoms with van der Waals surface area (Å²) < 4.78 is 2.26. The van der Waals surface area contributed by atoms with E-state index in [1.807, 2.05) is 12.1 Å². The molecule has 1 saturated carbocycles. The molecule has 2 N–H and O–H groups in total. The number of anilines is 1. The Labute approximate surface area is 180 Å². The minimum atomic E-state index is -0.0701. The van der Waals surface area contributed by atoms with Gasteiger partial charge in [0.2, 0.25) is 11.8 Å². The van der Waals surface area contributed by atoms with Crippen molar-refractivity contribution in [3.63, 3.8) is 0 Å². The number of amides is 2. The van der Waals surface area contributed by atoms with E-state index in [0.29, 0.717) is 13.0 Å². The highest BCUT2D eigenvalue weighted by molar-refractivity contribution is 5.94. The number of nitrogens with one attached hydrogen (secondary N) is 2. The van der Waals surface area contributed by atoms with Crippen molar-refractivity contribution in [3.05, 3.63) is 30.5 Å². The maximum absolute atomic E-state index is 12.3. The number of fused-ring (bicyclic) bond motifs is 1. The van der Waals surface area contributed by atoms with Crippen molar-refractivity contribution in [1.29, 1.82) is 0 Å². The number of aromatic nitrogens is 1. The van der Waals surface area contributed by atoms with Gasteiger partial charge in [-0.1, -0.05) is 33.1 Å². The number of benzene rings is 1. The van der Waals surface area contributed by atoms with E-state index in [1.165, 1.54) is 11.9 Å². The van der Waals surface area contributed by atoms with E-state index in [4.69, 9.17) is 0 Å². The summed E-state index contributed by atoms with van der Waals surface area (Å²) in [6.45, 7) is 8.88. The minimum absolute atomic E-state index is 0.0701. The number of likely N-dealkylation sites (N-methyl/N-ethyl adjacent to an activating group) is 1. The largest absolute Gasteiger partial charge is 0.355 e. The van der Waals surface area contributed by atoms with Crippen LogP contribution in [0.25, 0.3) is 10.9 Å². The highest BCUT2D eigenvalue weighted by Crippen LogP contribution is 2.23. The van der Waals surface area contributed by atoms with E-state index >= 15 is 0 Å². The molecular formula is C24H36N4O2. The fourth-order valence-corrected chi connectivity index (χ4v) is 4.29. The van der Waals surface area contributed by atoms with Crippen LogP contribution in [0.5, 0.6) is 0 Å². The van der Waals surface area contributed by atoms with Crippen molar-refractivity contribution in [2.75, 3.05) is 31.5 Å². The van der Waals surface area contributed by atoms with Crippen molar-refractivity contribution in [1.82, 2.24) is 14.8 Å². The Balaban J connectivity index is 1.47. The maximum Gasteiger partial charge on any atom is 0.226 e. The lowest BCUT2D eigenvalue weighted by Gasteiger charge is -2.20. The van der Waals surface area contributed by atoms with Crippen LogP contribution in [-0.2, 0) is 16.1 Å². The maximum atomic E-state index is 12.3. The zero-order valence-electron chi connectivity index (χ0n) is 18.5. The van der Waals surface area contributed by atoms with E-state index in [2.05, 4.69) is 52.3 Å². The standard InChI is InChI=1S/C24H36N4O2/c1-3-27(4-2)16-17-28-15-13-20-18-21(10-11-22(20)28)26-23(29)12-14-25-24(30)19-8-6-5-7-9-19/h10-11,13,15,18-19H,3-9,12,14,16-17H2,1-2H3,(H,25,30)(H,26,29). The van der Waals surface area contributed by atoms with Gasteiger partial charge < -0.3 is 20.1 Å². The first kappa shape index (κ1) is 22.3. The third kappa shape index (κ3) is 6.08. The van der Waals surface area contributed by atoms with Gasteiger partial charge in [-0.2, -0.15) is 0 Å². The Morgan fingerprint density at radius 3 is 2.60 bits per heavy atom. The van der Waals surface area contributed by atoms with Crippen LogP contribution in [0.4, 0.5) is 5.69 Å². The Kier molecular flexibility index (Phi) is 8.31. The summed E-state index contributed by atoms with van der Waals surface area (Å²) in [6.07, 6.45) is 7.87. The smallest absolute Gasteiger partial charge is 0.226 e. The zero-order valence-corrected chi connectivity index (χ0v) is 18.5. The first-order valence-electron chi connectivity index (χ1n) is 11.5. The van der Waals surface area contributed by atoms with E-state index in [0.717, 1.165) is 62.9 Å². The van der Waals surface area contributed by atoms with Crippen molar-refractivity contribution >= 4 is 28.4 Å². The number of hydrogen-bond donors (Lipinski definition) is 2. The van der Waals surface area contributed by atoms with Crippen LogP contribution in [0, 0.1) is 5.92 Å². The number of nitrogens with zero attached hydrogens (tertiary/aromatic N) is 2. The summed E-state index contributed by atoms with van der Waals surface area (Å²) in [5.74, 6) is 0.171. The molecule has 6 nitrogen and oxygen atoms in total. The minimum Gasteiger partial charge on any atom is -0.355 e. The van der Waals surface area contributed by atoms with Gasteiger partial charge in [-0.05, 0) is 50.2 Å². The first-order chi connectivity index (χ1) is 14.6. The molecule has 164 valence electrons. The van der Waals surface area contributed by atoms with E-state index in [-0.39, 0.29) is 17.7 Å². The molecule has 1 aromatic heterocycles. The molecule has 1 aliphatic rings. The van der Waals surface area contributed by atoms with Crippen LogP contribution in [0.3, 0.4) is 0 Å². The third-order valence-corrected chi connectivity index (χ3v) is 6.23. The number of carbonyl (C=O) groups excluding carboxylic acids is 2. The molecule has 1 aromatic carbocycles. The highest BCUT2D eigenvalue weighted by atomic mass is 16.2. The number of rotatable bonds is 10. The zero-order chi connectivity index (χ0) is 21.3. The second kappa shape index (κ2) is 11.2. The molecule has 2 aromatic rings. The summed E-state index contributed by atoms with van der Waals surface area (Å²) in [4.78, 5) is 26.9. The normalized spacial score (nSPS) is 14.9. The Morgan fingerprint density at radius 2 is 1.87 bits per heavy atom. The van der Waals surface area contributed by atoms with Gasteiger partial charge in [0.25, 0.3) is 0 Å². The van der Waals surface area contributed by atoms with Crippen molar-refractivity contribution < 1.29 is 9.59 Å². The highest BCUT2D eigenvalue weighted by Gasteiger charge is 2.20. The molecule has 0 unspecified atom stereocenters. The van der Waals surface area contributed by atoms with Crippen LogP contribution < -0.4 is 10.6 Å². The monoisotopic (exact) mass is 412 g/mol. The molecule has 2 amide bonds. The Bertz CT molecular complexity index is 835. The average Bonchev–Trinajstić information content (AvgIpc) is 3.17. The molecule has 0 spiro atoms. The fraction of sp³-hybridized carbons (Fsp3) is 0.583. The topological polar surface area (TPSA) is 66.4 Å². The molecule has 0 saturated heterocycles. The molecule has 1 heterocycles. The lowest BCUT2D eigenvalue weighted by atomic mass is 9.89. The van der Waals surface area contributed by atoms with E-state index in [1.54, 1.807) is 0 Å². The van der Waals surface area contributed by atoms with Gasteiger partial charge in [0.1, 0.15) is 0 Å². The van der Waals surface area contributed by atoms with Gasteiger partial charge in [0, 0.05) is 54.8 Å². The van der Waals surface area contributed by atoms with Crippen molar-refractivity contribution in [2.45, 2.75) is 58.9 Å². The Hall–Kier alpha value is -2.34. The van der Waals surface area contributed by atoms with Crippen LogP contribution in [0.15, 0.2) is 30.5 Å². The van der Waals surface area contributed by atoms with Gasteiger partial charge in [0.05, 0.1) is 0 Å². The summed E-state index contributed by atoms with van der Waals surface area (Å²) in [7, 11) is 0. The fourth-order valence-electron chi connectivity index (χ4n) is 4.29. The lowest BCUT2D eigenvalue weighted by Crippen LogP contribution is -2.34. The molecule has 3 rings (SSSR count). The quantitative estimate of drug-likeness (QED) is 0.620. The van der Waals surface area contributed by atoms with E-state index < -0.39 is 0 Å². The second-order valence-electron chi connectivity index (χ2n) is 8.23. The summed E-state index contributed by atoms with van der Waals surface area (Å²) in [6, 6.07) is 8.13. The molecule has 0 aliphatic heterocycles. The van der Waals surface area contributed by atoms with Crippen LogP contribution in [0.2, 0.25) is 0 Å². The Morgan fingerprint density at radius 1 is 1.10 bits per heavy atom. The molecule has 6 heteroatoms. The average molecular weight is 413 g/mol. The third-order valence-electron chi connectivity index (χ3n) is 6.23. The summed E-state index contributed by atoms with van der Waals surface area (Å²) in [5, 5.41) is 7.01. The van der Waals surface area contributed by atoms with E-state index in [9.17, 15) is 9.59 Å².